The Balaban J connectivity index is 0.00000541. The Labute approximate surface area is 315 Å². The largest absolute Gasteiger partial charge is 1.00 e. The summed E-state index contributed by atoms with van der Waals surface area (Å²) >= 11 is 6.74. The Morgan fingerprint density at radius 2 is 1.31 bits per heavy atom. The van der Waals surface area contributed by atoms with Gasteiger partial charge in [-0.1, -0.05) is 66.2 Å². The van der Waals surface area contributed by atoms with Crippen LogP contribution >= 0.6 is 11.6 Å². The zero-order chi connectivity index (χ0) is 34.5. The molecule has 4 aromatic carbocycles. The van der Waals surface area contributed by atoms with Gasteiger partial charge in [0.25, 0.3) is 20.2 Å². The molecule has 4 aromatic rings. The summed E-state index contributed by atoms with van der Waals surface area (Å²) in [6, 6.07) is 28.4. The fraction of sp³-hybridized carbons (Fsp3) is 0.162. The van der Waals surface area contributed by atoms with Gasteiger partial charge in [-0.3, -0.25) is 9.11 Å². The molecule has 12 heteroatoms. The summed E-state index contributed by atoms with van der Waals surface area (Å²) in [5, 5.41) is 0.614. The molecule has 0 saturated heterocycles. The second-order valence-corrected chi connectivity index (χ2v) is 14.5. The fourth-order valence-corrected chi connectivity index (χ4v) is 6.97. The van der Waals surface area contributed by atoms with Gasteiger partial charge in [-0.2, -0.15) is 16.8 Å². The van der Waals surface area contributed by atoms with E-state index in [9.17, 15) is 25.9 Å². The smallest absolute Gasteiger partial charge is 0.367 e. The first kappa shape index (κ1) is 38.5. The molecule has 49 heavy (non-hydrogen) atoms. The van der Waals surface area contributed by atoms with E-state index in [1.54, 1.807) is 12.1 Å². The van der Waals surface area contributed by atoms with Gasteiger partial charge in [0, 0.05) is 47.1 Å². The monoisotopic (exact) mass is 726 g/mol. The molecule has 0 fully saturated rings. The molecule has 0 bridgehead atoms. The SMILES string of the molecule is CCN(Cc1cccc(S(=O)(=O)O)c1)c1ccc(C(=C2C=CC(=[N+](CC)Cc3cccc(S(=O)(=O)O)c3)C=C2)c2ccccc2Cl)cc1.[Na+]. The van der Waals surface area contributed by atoms with E-state index in [1.165, 1.54) is 24.3 Å². The minimum Gasteiger partial charge on any atom is -0.367 e. The molecule has 0 radical (unpaired) electrons. The van der Waals surface area contributed by atoms with Crippen LogP contribution in [0.3, 0.4) is 0 Å². The maximum absolute atomic E-state index is 11.7. The summed E-state index contributed by atoms with van der Waals surface area (Å²) in [4.78, 5) is 1.84. The van der Waals surface area contributed by atoms with Crippen LogP contribution < -0.4 is 34.5 Å². The summed E-state index contributed by atoms with van der Waals surface area (Å²) in [7, 11) is -8.59. The maximum Gasteiger partial charge on any atom is 1.00 e. The summed E-state index contributed by atoms with van der Waals surface area (Å²) in [6.07, 6.45) is 8.13. The zero-order valence-electron chi connectivity index (χ0n) is 27.5. The molecule has 0 spiro atoms. The van der Waals surface area contributed by atoms with Crippen molar-refractivity contribution >= 4 is 48.8 Å². The van der Waals surface area contributed by atoms with Crippen LogP contribution in [0.15, 0.2) is 137 Å². The number of hydrogen-bond donors (Lipinski definition) is 2. The fourth-order valence-electron chi connectivity index (χ4n) is 5.64. The Morgan fingerprint density at radius 3 is 1.86 bits per heavy atom. The van der Waals surface area contributed by atoms with Crippen LogP contribution in [0.1, 0.15) is 36.1 Å². The van der Waals surface area contributed by atoms with Crippen LogP contribution in [0.5, 0.6) is 0 Å². The van der Waals surface area contributed by atoms with Crippen LogP contribution in [0, 0.1) is 0 Å². The first-order valence-electron chi connectivity index (χ1n) is 15.3. The molecule has 5 rings (SSSR count). The first-order valence-corrected chi connectivity index (χ1v) is 18.6. The number of nitrogens with zero attached hydrogens (tertiary/aromatic N) is 2. The van der Waals surface area contributed by atoms with Crippen LogP contribution in [0.25, 0.3) is 5.57 Å². The second-order valence-electron chi connectivity index (χ2n) is 11.2. The molecule has 1 aliphatic carbocycles. The summed E-state index contributed by atoms with van der Waals surface area (Å²) in [5.41, 5.74) is 7.15. The number of anilines is 1. The van der Waals surface area contributed by atoms with E-state index in [1.807, 2.05) is 98.8 Å². The van der Waals surface area contributed by atoms with Crippen LogP contribution in [-0.4, -0.2) is 49.3 Å². The van der Waals surface area contributed by atoms with E-state index in [0.717, 1.165) is 44.8 Å². The number of benzene rings is 4. The van der Waals surface area contributed by atoms with Crippen LogP contribution in [0.4, 0.5) is 5.69 Å². The summed E-state index contributed by atoms with van der Waals surface area (Å²) < 4.78 is 67.7. The predicted octanol–water partition coefficient (Wildman–Crippen LogP) is 4.47. The van der Waals surface area contributed by atoms with E-state index < -0.39 is 20.2 Å². The van der Waals surface area contributed by atoms with E-state index in [2.05, 4.69) is 9.48 Å². The summed E-state index contributed by atoms with van der Waals surface area (Å²) in [5.74, 6) is 0. The number of hydrogen-bond acceptors (Lipinski definition) is 5. The molecule has 248 valence electrons. The molecule has 0 amide bonds. The van der Waals surface area contributed by atoms with Crippen molar-refractivity contribution < 1.29 is 60.1 Å². The van der Waals surface area contributed by atoms with Gasteiger partial charge in [-0.25, -0.2) is 4.58 Å². The summed E-state index contributed by atoms with van der Waals surface area (Å²) in [6.45, 7) is 6.30. The average Bonchev–Trinajstić information content (AvgIpc) is 3.07. The molecule has 0 heterocycles. The van der Waals surface area contributed by atoms with E-state index in [4.69, 9.17) is 11.6 Å². The third-order valence-corrected chi connectivity index (χ3v) is 10.1. The van der Waals surface area contributed by atoms with Crippen molar-refractivity contribution in [3.63, 3.8) is 0 Å². The Kier molecular flexibility index (Phi) is 13.0. The van der Waals surface area contributed by atoms with Crippen molar-refractivity contribution in [1.29, 1.82) is 0 Å². The minimum atomic E-state index is -4.30. The van der Waals surface area contributed by atoms with Gasteiger partial charge >= 0.3 is 29.6 Å². The van der Waals surface area contributed by atoms with Gasteiger partial charge < -0.3 is 4.90 Å². The Bertz CT molecular complexity index is 2160. The average molecular weight is 727 g/mol. The van der Waals surface area contributed by atoms with Crippen LogP contribution in [0.2, 0.25) is 5.02 Å². The van der Waals surface area contributed by atoms with E-state index >= 15 is 0 Å². The van der Waals surface area contributed by atoms with Crippen molar-refractivity contribution in [3.8, 4) is 0 Å². The number of halogens is 1. The molecular weight excluding hydrogens is 691 g/mol. The van der Waals surface area contributed by atoms with Gasteiger partial charge in [0.1, 0.15) is 6.54 Å². The van der Waals surface area contributed by atoms with Crippen molar-refractivity contribution in [2.75, 3.05) is 18.0 Å². The number of rotatable bonds is 11. The van der Waals surface area contributed by atoms with E-state index in [0.29, 0.717) is 31.2 Å². The third kappa shape index (κ3) is 9.68. The topological polar surface area (TPSA) is 115 Å². The van der Waals surface area contributed by atoms with Gasteiger partial charge in [0.2, 0.25) is 0 Å². The van der Waals surface area contributed by atoms with Crippen molar-refractivity contribution in [3.05, 3.63) is 154 Å². The van der Waals surface area contributed by atoms with Crippen LogP contribution in [-0.2, 0) is 33.3 Å². The molecular formula is C37H36ClN2NaO6S2+2. The van der Waals surface area contributed by atoms with Gasteiger partial charge in [0.15, 0.2) is 12.3 Å². The Morgan fingerprint density at radius 1 is 0.735 bits per heavy atom. The van der Waals surface area contributed by atoms with Crippen molar-refractivity contribution in [2.24, 2.45) is 0 Å². The molecule has 8 nitrogen and oxygen atoms in total. The molecule has 0 aliphatic heterocycles. The van der Waals surface area contributed by atoms with Gasteiger partial charge in [-0.05, 0) is 90.7 Å². The Hall–Kier alpha value is -3.32. The quantitative estimate of drug-likeness (QED) is 0.133. The molecule has 2 N–H and O–H groups in total. The number of allylic oxidation sites excluding steroid dienone is 5. The van der Waals surface area contributed by atoms with Crippen molar-refractivity contribution in [1.82, 2.24) is 0 Å². The molecule has 0 saturated carbocycles. The maximum atomic E-state index is 11.7. The predicted molar refractivity (Wildman–Crippen MR) is 191 cm³/mol. The molecule has 0 unspecified atom stereocenters. The van der Waals surface area contributed by atoms with Gasteiger partial charge in [0.05, 0.1) is 9.79 Å². The molecule has 0 atom stereocenters. The third-order valence-electron chi connectivity index (χ3n) is 8.09. The molecule has 0 aromatic heterocycles. The van der Waals surface area contributed by atoms with Crippen molar-refractivity contribution in [2.45, 2.75) is 36.7 Å². The second kappa shape index (κ2) is 16.6. The normalized spacial score (nSPS) is 12.8. The minimum absolute atomic E-state index is 0. The molecule has 1 aliphatic rings. The van der Waals surface area contributed by atoms with E-state index in [-0.39, 0.29) is 39.3 Å². The zero-order valence-corrected chi connectivity index (χ0v) is 31.9. The standard InChI is InChI=1S/C37H35ClN2O6S2.Na/c1-3-39(25-27-9-7-11-33(23-27)47(41,42)43)31-19-15-29(16-20-31)37(35-13-5-6-14-36(35)38)30-17-21-32(22-18-30)40(4-2)26-28-10-8-12-34(24-28)48(44,45)46;/h5-24H,3-4,25-26H2,1-2H3,(H-,41,42,43,44,45,46);/q;+1/p+1. The first-order chi connectivity index (χ1) is 22.9. The van der Waals surface area contributed by atoms with Gasteiger partial charge in [-0.15, -0.1) is 0 Å².